The molecule has 0 aliphatic heterocycles. The van der Waals surface area contributed by atoms with E-state index in [4.69, 9.17) is 0 Å². The monoisotopic (exact) mass is 259 g/mol. The molecule has 1 N–H and O–H groups in total. The van der Waals surface area contributed by atoms with Crippen molar-refractivity contribution in [2.24, 2.45) is 7.05 Å². The van der Waals surface area contributed by atoms with Crippen LogP contribution in [0.3, 0.4) is 0 Å². The van der Waals surface area contributed by atoms with E-state index in [9.17, 15) is 0 Å². The molecule has 3 rings (SSSR count). The molecule has 0 saturated heterocycles. The molecular weight excluding hydrogens is 238 g/mol. The zero-order chi connectivity index (χ0) is 13.4. The molecule has 0 spiro atoms. The van der Waals surface area contributed by atoms with Gasteiger partial charge in [-0.25, -0.2) is 4.98 Å². The Morgan fingerprint density at radius 1 is 1.37 bits per heavy atom. The molecule has 0 aromatic carbocycles. The van der Waals surface area contributed by atoms with Gasteiger partial charge in [-0.1, -0.05) is 0 Å². The lowest BCUT2D eigenvalue weighted by Crippen LogP contribution is -2.16. The van der Waals surface area contributed by atoms with Crippen molar-refractivity contribution in [3.8, 4) is 0 Å². The highest BCUT2D eigenvalue weighted by Crippen LogP contribution is 2.21. The van der Waals surface area contributed by atoms with Crippen molar-refractivity contribution < 1.29 is 0 Å². The predicted octanol–water partition coefficient (Wildman–Crippen LogP) is 1.53. The van der Waals surface area contributed by atoms with Gasteiger partial charge < -0.3 is 9.88 Å². The lowest BCUT2D eigenvalue weighted by Gasteiger charge is -2.06. The van der Waals surface area contributed by atoms with Crippen molar-refractivity contribution in [3.63, 3.8) is 0 Å². The van der Waals surface area contributed by atoms with Gasteiger partial charge in [-0.2, -0.15) is 5.10 Å². The maximum Gasteiger partial charge on any atom is 0.0946 e. The minimum absolute atomic E-state index is 0.735. The van der Waals surface area contributed by atoms with E-state index in [0.29, 0.717) is 0 Å². The van der Waals surface area contributed by atoms with Gasteiger partial charge in [0.1, 0.15) is 0 Å². The van der Waals surface area contributed by atoms with Gasteiger partial charge in [-0.3, -0.25) is 4.68 Å². The lowest BCUT2D eigenvalue weighted by molar-refractivity contribution is 0.623. The normalized spacial score (nSPS) is 15.1. The average Bonchev–Trinajstić information content (AvgIpc) is 3.06. The first kappa shape index (κ1) is 12.4. The summed E-state index contributed by atoms with van der Waals surface area (Å²) in [5, 5.41) is 8.23. The Hall–Kier alpha value is -1.62. The van der Waals surface area contributed by atoms with Crippen LogP contribution in [0.1, 0.15) is 35.5 Å². The first-order valence-electron chi connectivity index (χ1n) is 6.86. The number of nitrogens with one attached hydrogen (secondary N) is 1. The van der Waals surface area contributed by atoms with Crippen LogP contribution in [0.25, 0.3) is 0 Å². The molecule has 102 valence electrons. The SMILES string of the molecule is Cc1nn(Cc2cncn2C)c(C)c1CNC1CC1. The van der Waals surface area contributed by atoms with Crippen molar-refractivity contribution in [1.29, 1.82) is 0 Å². The standard InChI is InChI=1S/C14H21N5/c1-10-14(7-16-12-4-5-12)11(2)19(17-10)8-13-6-15-9-18(13)3/h6,9,12,16H,4-5,7-8H2,1-3H3. The summed E-state index contributed by atoms with van der Waals surface area (Å²) in [5.41, 5.74) is 4.90. The molecule has 0 atom stereocenters. The van der Waals surface area contributed by atoms with E-state index in [-0.39, 0.29) is 0 Å². The Morgan fingerprint density at radius 2 is 2.16 bits per heavy atom. The third kappa shape index (κ3) is 2.56. The Morgan fingerprint density at radius 3 is 2.79 bits per heavy atom. The highest BCUT2D eigenvalue weighted by atomic mass is 15.3. The van der Waals surface area contributed by atoms with E-state index in [1.165, 1.54) is 29.8 Å². The minimum Gasteiger partial charge on any atom is -0.336 e. The van der Waals surface area contributed by atoms with E-state index in [0.717, 1.165) is 24.8 Å². The Bertz CT molecular complexity index is 577. The zero-order valence-corrected chi connectivity index (χ0v) is 11.8. The fourth-order valence-corrected chi connectivity index (χ4v) is 2.37. The van der Waals surface area contributed by atoms with Crippen LogP contribution in [0.2, 0.25) is 0 Å². The highest BCUT2D eigenvalue weighted by molar-refractivity contribution is 5.25. The van der Waals surface area contributed by atoms with E-state index < -0.39 is 0 Å². The number of rotatable bonds is 5. The summed E-state index contributed by atoms with van der Waals surface area (Å²) >= 11 is 0. The van der Waals surface area contributed by atoms with Crippen LogP contribution in [0.5, 0.6) is 0 Å². The summed E-state index contributed by atoms with van der Waals surface area (Å²) in [6, 6.07) is 0.735. The molecule has 2 heterocycles. The summed E-state index contributed by atoms with van der Waals surface area (Å²) in [6.45, 7) is 5.97. The number of aryl methyl sites for hydroxylation is 2. The molecule has 5 nitrogen and oxygen atoms in total. The summed E-state index contributed by atoms with van der Waals surface area (Å²) in [4.78, 5) is 4.15. The second kappa shape index (κ2) is 4.81. The van der Waals surface area contributed by atoms with Gasteiger partial charge in [-0.05, 0) is 26.7 Å². The Kier molecular flexibility index (Phi) is 3.14. The number of aromatic nitrogens is 4. The molecule has 19 heavy (non-hydrogen) atoms. The van der Waals surface area contributed by atoms with Crippen LogP contribution >= 0.6 is 0 Å². The van der Waals surface area contributed by atoms with Crippen LogP contribution in [-0.2, 0) is 20.1 Å². The van der Waals surface area contributed by atoms with E-state index >= 15 is 0 Å². The van der Waals surface area contributed by atoms with E-state index in [2.05, 4.69) is 33.9 Å². The first-order chi connectivity index (χ1) is 9.15. The quantitative estimate of drug-likeness (QED) is 0.886. The molecule has 1 aliphatic carbocycles. The van der Waals surface area contributed by atoms with Gasteiger partial charge in [0.15, 0.2) is 0 Å². The first-order valence-corrected chi connectivity index (χ1v) is 6.86. The molecule has 2 aromatic rings. The second-order valence-electron chi connectivity index (χ2n) is 5.46. The fraction of sp³-hybridized carbons (Fsp3) is 0.571. The largest absolute Gasteiger partial charge is 0.336 e. The summed E-state index contributed by atoms with van der Waals surface area (Å²) in [7, 11) is 2.02. The van der Waals surface area contributed by atoms with Gasteiger partial charge in [0, 0.05) is 30.9 Å². The van der Waals surface area contributed by atoms with Crippen LogP contribution < -0.4 is 5.32 Å². The second-order valence-corrected chi connectivity index (χ2v) is 5.46. The molecule has 1 aliphatic rings. The predicted molar refractivity (Wildman–Crippen MR) is 73.9 cm³/mol. The van der Waals surface area contributed by atoms with Gasteiger partial charge in [0.05, 0.1) is 30.5 Å². The summed E-state index contributed by atoms with van der Waals surface area (Å²) in [5.74, 6) is 0. The van der Waals surface area contributed by atoms with Gasteiger partial charge in [0.25, 0.3) is 0 Å². The zero-order valence-electron chi connectivity index (χ0n) is 11.8. The summed E-state index contributed by atoms with van der Waals surface area (Å²) < 4.78 is 4.12. The lowest BCUT2D eigenvalue weighted by atomic mass is 10.2. The Balaban J connectivity index is 1.78. The molecule has 1 saturated carbocycles. The van der Waals surface area contributed by atoms with Crippen LogP contribution in [0, 0.1) is 13.8 Å². The van der Waals surface area contributed by atoms with Crippen LogP contribution in [0.4, 0.5) is 0 Å². The number of hydrogen-bond acceptors (Lipinski definition) is 3. The number of imidazole rings is 1. The minimum atomic E-state index is 0.735. The van der Waals surface area contributed by atoms with Gasteiger partial charge in [-0.15, -0.1) is 0 Å². The fourth-order valence-electron chi connectivity index (χ4n) is 2.37. The van der Waals surface area contributed by atoms with Crippen molar-refractivity contribution in [2.45, 2.75) is 45.8 Å². The molecule has 2 aromatic heterocycles. The number of nitrogens with zero attached hydrogens (tertiary/aromatic N) is 4. The third-order valence-electron chi connectivity index (χ3n) is 3.90. The summed E-state index contributed by atoms with van der Waals surface area (Å²) in [6.07, 6.45) is 6.37. The third-order valence-corrected chi connectivity index (χ3v) is 3.90. The molecule has 0 radical (unpaired) electrons. The molecule has 5 heteroatoms. The van der Waals surface area contributed by atoms with Gasteiger partial charge in [0.2, 0.25) is 0 Å². The maximum absolute atomic E-state index is 4.66. The van der Waals surface area contributed by atoms with Crippen molar-refractivity contribution in [2.75, 3.05) is 0 Å². The van der Waals surface area contributed by atoms with Crippen molar-refractivity contribution >= 4 is 0 Å². The molecule has 1 fully saturated rings. The van der Waals surface area contributed by atoms with Crippen molar-refractivity contribution in [1.82, 2.24) is 24.6 Å². The number of hydrogen-bond donors (Lipinski definition) is 1. The molecule has 0 bridgehead atoms. The maximum atomic E-state index is 4.66. The van der Waals surface area contributed by atoms with Crippen LogP contribution in [-0.4, -0.2) is 25.4 Å². The highest BCUT2D eigenvalue weighted by Gasteiger charge is 2.21. The topological polar surface area (TPSA) is 47.7 Å². The molecule has 0 amide bonds. The molecular formula is C14H21N5. The van der Waals surface area contributed by atoms with Gasteiger partial charge >= 0.3 is 0 Å². The van der Waals surface area contributed by atoms with E-state index in [1.807, 2.05) is 24.1 Å². The average molecular weight is 259 g/mol. The Labute approximate surface area is 113 Å². The molecule has 0 unspecified atom stereocenters. The van der Waals surface area contributed by atoms with E-state index in [1.54, 1.807) is 0 Å². The smallest absolute Gasteiger partial charge is 0.0946 e. The van der Waals surface area contributed by atoms with Crippen LogP contribution in [0.15, 0.2) is 12.5 Å². The van der Waals surface area contributed by atoms with Crippen molar-refractivity contribution in [3.05, 3.63) is 35.2 Å².